The van der Waals surface area contributed by atoms with Crippen molar-refractivity contribution in [3.63, 3.8) is 0 Å². The summed E-state index contributed by atoms with van der Waals surface area (Å²) in [4.78, 5) is 0. The van der Waals surface area contributed by atoms with E-state index in [4.69, 9.17) is 11.6 Å². The highest BCUT2D eigenvalue weighted by molar-refractivity contribution is 6.30. The molecule has 0 bridgehead atoms. The van der Waals surface area contributed by atoms with Crippen LogP contribution in [0, 0.1) is 0 Å². The Bertz CT molecular complexity index is 207. The van der Waals surface area contributed by atoms with Crippen molar-refractivity contribution < 1.29 is 10.2 Å². The summed E-state index contributed by atoms with van der Waals surface area (Å²) >= 11 is 5.91. The van der Waals surface area contributed by atoms with Crippen molar-refractivity contribution in [1.29, 1.82) is 0 Å². The number of aliphatic hydroxyl groups is 2. The largest absolute Gasteiger partial charge is 0.390 e. The second kappa shape index (κ2) is 6.19. The molecule has 0 radical (unpaired) electrons. The van der Waals surface area contributed by atoms with E-state index >= 15 is 0 Å². The molecule has 2 N–H and O–H groups in total. The van der Waals surface area contributed by atoms with E-state index in [0.29, 0.717) is 17.0 Å². The lowest BCUT2D eigenvalue weighted by atomic mass is 10.0. The van der Waals surface area contributed by atoms with Gasteiger partial charge in [0.25, 0.3) is 0 Å². The first kappa shape index (κ1) is 12.7. The van der Waals surface area contributed by atoms with Gasteiger partial charge in [-0.05, 0) is 25.8 Å². The lowest BCUT2D eigenvalue weighted by Gasteiger charge is -2.16. The fourth-order valence-corrected chi connectivity index (χ4v) is 1.17. The van der Waals surface area contributed by atoms with Crippen LogP contribution in [0.15, 0.2) is 22.8 Å². The molecule has 0 spiro atoms. The molecular formula is C10H17ClO2. The highest BCUT2D eigenvalue weighted by Gasteiger charge is 2.16. The van der Waals surface area contributed by atoms with Gasteiger partial charge < -0.3 is 10.2 Å². The van der Waals surface area contributed by atoms with Crippen molar-refractivity contribution >= 4 is 11.6 Å². The van der Waals surface area contributed by atoms with Crippen LogP contribution in [-0.4, -0.2) is 22.4 Å². The lowest BCUT2D eigenvalue weighted by Crippen LogP contribution is -2.24. The van der Waals surface area contributed by atoms with Crippen LogP contribution in [0.4, 0.5) is 0 Å². The van der Waals surface area contributed by atoms with Gasteiger partial charge in [0.15, 0.2) is 0 Å². The summed E-state index contributed by atoms with van der Waals surface area (Å²) in [6.45, 7) is 5.28. The number of rotatable bonds is 4. The molecule has 0 aromatic rings. The second-order valence-electron chi connectivity index (χ2n) is 2.90. The van der Waals surface area contributed by atoms with E-state index < -0.39 is 12.2 Å². The summed E-state index contributed by atoms with van der Waals surface area (Å²) in [5.74, 6) is 0. The molecule has 2 nitrogen and oxygen atoms in total. The minimum absolute atomic E-state index is 0.589. The maximum absolute atomic E-state index is 9.58. The maximum atomic E-state index is 9.58. The number of allylic oxidation sites excluding steroid dienone is 2. The standard InChI is InChI=1S/C10H17ClO2/c1-4-6-8(9(11)5-2)10(13)7(3)12/h4,6-7,10,12-13H,5H2,1-3H3. The normalized spacial score (nSPS) is 18.6. The van der Waals surface area contributed by atoms with E-state index in [1.54, 1.807) is 12.2 Å². The first-order valence-electron chi connectivity index (χ1n) is 4.41. The third-order valence-electron chi connectivity index (χ3n) is 1.75. The van der Waals surface area contributed by atoms with Gasteiger partial charge in [-0.15, -0.1) is 0 Å². The van der Waals surface area contributed by atoms with E-state index in [-0.39, 0.29) is 0 Å². The van der Waals surface area contributed by atoms with Gasteiger partial charge in [-0.25, -0.2) is 0 Å². The second-order valence-corrected chi connectivity index (χ2v) is 3.36. The van der Waals surface area contributed by atoms with Crippen LogP contribution >= 0.6 is 11.6 Å². The average molecular weight is 205 g/mol. The Balaban J connectivity index is 4.81. The van der Waals surface area contributed by atoms with Crippen LogP contribution in [0.25, 0.3) is 0 Å². The number of hydrogen-bond donors (Lipinski definition) is 2. The molecule has 0 aliphatic heterocycles. The van der Waals surface area contributed by atoms with Gasteiger partial charge in [-0.3, -0.25) is 0 Å². The van der Waals surface area contributed by atoms with Crippen molar-refractivity contribution in [3.05, 3.63) is 22.8 Å². The third-order valence-corrected chi connectivity index (χ3v) is 2.23. The van der Waals surface area contributed by atoms with E-state index in [1.807, 2.05) is 13.8 Å². The van der Waals surface area contributed by atoms with Gasteiger partial charge in [-0.1, -0.05) is 30.7 Å². The molecule has 0 aromatic carbocycles. The SMILES string of the molecule is CC=CC(=C(Cl)CC)C(O)C(C)O. The van der Waals surface area contributed by atoms with Crippen LogP contribution in [0.5, 0.6) is 0 Å². The van der Waals surface area contributed by atoms with Gasteiger partial charge in [0.1, 0.15) is 6.10 Å². The van der Waals surface area contributed by atoms with Crippen molar-refractivity contribution in [2.45, 2.75) is 39.4 Å². The minimum Gasteiger partial charge on any atom is -0.390 e. The Morgan fingerprint density at radius 1 is 1.46 bits per heavy atom. The van der Waals surface area contributed by atoms with Crippen molar-refractivity contribution in [2.24, 2.45) is 0 Å². The van der Waals surface area contributed by atoms with Gasteiger partial charge in [0.05, 0.1) is 6.10 Å². The highest BCUT2D eigenvalue weighted by Crippen LogP contribution is 2.19. The zero-order valence-electron chi connectivity index (χ0n) is 8.29. The summed E-state index contributed by atoms with van der Waals surface area (Å²) in [5, 5.41) is 19.4. The van der Waals surface area contributed by atoms with Crippen molar-refractivity contribution in [1.82, 2.24) is 0 Å². The molecule has 13 heavy (non-hydrogen) atoms. The molecule has 0 saturated heterocycles. The van der Waals surface area contributed by atoms with Crippen LogP contribution in [0.1, 0.15) is 27.2 Å². The van der Waals surface area contributed by atoms with E-state index in [2.05, 4.69) is 0 Å². The van der Waals surface area contributed by atoms with Gasteiger partial charge in [0.2, 0.25) is 0 Å². The first-order chi connectivity index (χ1) is 6.04. The van der Waals surface area contributed by atoms with Crippen LogP contribution in [0.3, 0.4) is 0 Å². The molecule has 0 saturated carbocycles. The quantitative estimate of drug-likeness (QED) is 0.690. The molecule has 0 amide bonds. The molecule has 0 heterocycles. The monoisotopic (exact) mass is 204 g/mol. The Hall–Kier alpha value is -0.310. The number of hydrogen-bond acceptors (Lipinski definition) is 2. The summed E-state index contributed by atoms with van der Waals surface area (Å²) in [6, 6.07) is 0. The molecule has 0 rings (SSSR count). The zero-order chi connectivity index (χ0) is 10.4. The van der Waals surface area contributed by atoms with Gasteiger partial charge >= 0.3 is 0 Å². The van der Waals surface area contributed by atoms with Gasteiger partial charge in [-0.2, -0.15) is 0 Å². The number of aliphatic hydroxyl groups excluding tert-OH is 2. The smallest absolute Gasteiger partial charge is 0.106 e. The Morgan fingerprint density at radius 2 is 2.00 bits per heavy atom. The molecule has 0 aliphatic rings. The average Bonchev–Trinajstić information content (AvgIpc) is 2.11. The summed E-state index contributed by atoms with van der Waals surface area (Å²) in [5.41, 5.74) is 0.599. The third kappa shape index (κ3) is 3.94. The summed E-state index contributed by atoms with van der Waals surface area (Å²) in [7, 11) is 0. The van der Waals surface area contributed by atoms with E-state index in [0.717, 1.165) is 0 Å². The van der Waals surface area contributed by atoms with Crippen LogP contribution in [-0.2, 0) is 0 Å². The highest BCUT2D eigenvalue weighted by atomic mass is 35.5. The molecule has 0 fully saturated rings. The predicted molar refractivity (Wildman–Crippen MR) is 55.7 cm³/mol. The lowest BCUT2D eigenvalue weighted by molar-refractivity contribution is 0.0564. The molecule has 0 aromatic heterocycles. The Labute approximate surface area is 84.5 Å². The zero-order valence-corrected chi connectivity index (χ0v) is 9.04. The van der Waals surface area contributed by atoms with Crippen molar-refractivity contribution in [3.8, 4) is 0 Å². The minimum atomic E-state index is -0.899. The molecule has 0 aliphatic carbocycles. The van der Waals surface area contributed by atoms with E-state index in [1.165, 1.54) is 6.92 Å². The van der Waals surface area contributed by atoms with Crippen LogP contribution < -0.4 is 0 Å². The summed E-state index contributed by atoms with van der Waals surface area (Å²) in [6.07, 6.45) is 2.47. The maximum Gasteiger partial charge on any atom is 0.106 e. The molecular weight excluding hydrogens is 188 g/mol. The Kier molecular flexibility index (Phi) is 6.04. The summed E-state index contributed by atoms with van der Waals surface area (Å²) < 4.78 is 0. The molecule has 2 atom stereocenters. The predicted octanol–water partition coefficient (Wildman–Crippen LogP) is 2.21. The van der Waals surface area contributed by atoms with Crippen molar-refractivity contribution in [2.75, 3.05) is 0 Å². The fourth-order valence-electron chi connectivity index (χ4n) is 0.993. The van der Waals surface area contributed by atoms with Gasteiger partial charge in [0, 0.05) is 5.03 Å². The van der Waals surface area contributed by atoms with E-state index in [9.17, 15) is 10.2 Å². The Morgan fingerprint density at radius 3 is 2.31 bits per heavy atom. The van der Waals surface area contributed by atoms with Crippen LogP contribution in [0.2, 0.25) is 0 Å². The molecule has 3 heteroatoms. The first-order valence-corrected chi connectivity index (χ1v) is 4.79. The molecule has 2 unspecified atom stereocenters. The molecule has 76 valence electrons. The topological polar surface area (TPSA) is 40.5 Å². The fraction of sp³-hybridized carbons (Fsp3) is 0.600. The number of halogens is 1.